The van der Waals surface area contributed by atoms with E-state index in [0.717, 1.165) is 28.5 Å². The number of aromatic nitrogens is 4. The Kier molecular flexibility index (Phi) is 4.54. The second kappa shape index (κ2) is 7.63. The molecule has 0 bridgehead atoms. The molecule has 5 rings (SSSR count). The molecule has 0 N–H and O–H groups in total. The summed E-state index contributed by atoms with van der Waals surface area (Å²) in [5.41, 5.74) is 3.92. The lowest BCUT2D eigenvalue weighted by atomic mass is 10.2. The van der Waals surface area contributed by atoms with Gasteiger partial charge in [0.1, 0.15) is 12.1 Å². The molecule has 4 heterocycles. The van der Waals surface area contributed by atoms with Gasteiger partial charge in [0.15, 0.2) is 11.4 Å². The predicted molar refractivity (Wildman–Crippen MR) is 109 cm³/mol. The molecule has 0 atom stereocenters. The average Bonchev–Trinajstić information content (AvgIpc) is 3.44. The molecule has 144 valence electrons. The van der Waals surface area contributed by atoms with Gasteiger partial charge in [-0.05, 0) is 29.8 Å². The Bertz CT molecular complexity index is 1140. The minimum absolute atomic E-state index is 0.259. The fraction of sp³-hybridized carbons (Fsp3) is 0.136. The van der Waals surface area contributed by atoms with Gasteiger partial charge in [-0.2, -0.15) is 0 Å². The molecule has 1 aromatic carbocycles. The first kappa shape index (κ1) is 17.2. The monoisotopic (exact) mass is 385 g/mol. The van der Waals surface area contributed by atoms with Crippen molar-refractivity contribution in [2.75, 3.05) is 18.2 Å². The van der Waals surface area contributed by atoms with Gasteiger partial charge in [-0.1, -0.05) is 30.3 Å². The van der Waals surface area contributed by atoms with E-state index in [2.05, 4.69) is 27.0 Å². The number of imidazole rings is 1. The van der Waals surface area contributed by atoms with E-state index in [1.807, 2.05) is 53.2 Å². The van der Waals surface area contributed by atoms with Crippen molar-refractivity contribution >= 4 is 11.5 Å². The normalized spacial score (nSPS) is 13.0. The van der Waals surface area contributed by atoms with E-state index in [9.17, 15) is 0 Å². The smallest absolute Gasteiger partial charge is 0.229 e. The molecule has 1 aliphatic rings. The van der Waals surface area contributed by atoms with Crippen LogP contribution in [0.3, 0.4) is 0 Å². The SMILES string of the molecule is C1=C(CN(Cc2ccccc2)c2ccc3ncc(-c4ccncc4)n3n2)OCO1. The molecule has 0 spiro atoms. The first-order valence-electron chi connectivity index (χ1n) is 9.34. The number of anilines is 1. The number of hydrogen-bond acceptors (Lipinski definition) is 6. The van der Waals surface area contributed by atoms with Gasteiger partial charge >= 0.3 is 0 Å². The van der Waals surface area contributed by atoms with Crippen molar-refractivity contribution in [3.63, 3.8) is 0 Å². The lowest BCUT2D eigenvalue weighted by Crippen LogP contribution is -2.27. The van der Waals surface area contributed by atoms with E-state index < -0.39 is 0 Å². The maximum Gasteiger partial charge on any atom is 0.229 e. The number of fused-ring (bicyclic) bond motifs is 1. The van der Waals surface area contributed by atoms with Crippen molar-refractivity contribution in [1.82, 2.24) is 19.6 Å². The zero-order chi connectivity index (χ0) is 19.5. The van der Waals surface area contributed by atoms with Crippen molar-refractivity contribution in [2.24, 2.45) is 0 Å². The van der Waals surface area contributed by atoms with Crippen LogP contribution in [0.5, 0.6) is 0 Å². The molecule has 0 fully saturated rings. The zero-order valence-electron chi connectivity index (χ0n) is 15.7. The van der Waals surface area contributed by atoms with E-state index >= 15 is 0 Å². The summed E-state index contributed by atoms with van der Waals surface area (Å²) in [5.74, 6) is 1.61. The first-order chi connectivity index (χ1) is 14.4. The molecule has 29 heavy (non-hydrogen) atoms. The number of nitrogens with zero attached hydrogens (tertiary/aromatic N) is 5. The van der Waals surface area contributed by atoms with Crippen LogP contribution in [0.2, 0.25) is 0 Å². The Balaban J connectivity index is 1.53. The third-order valence-electron chi connectivity index (χ3n) is 4.74. The van der Waals surface area contributed by atoms with Gasteiger partial charge in [-0.15, -0.1) is 5.10 Å². The van der Waals surface area contributed by atoms with Gasteiger partial charge in [-0.25, -0.2) is 9.50 Å². The van der Waals surface area contributed by atoms with E-state index in [0.29, 0.717) is 13.1 Å². The maximum atomic E-state index is 5.55. The molecule has 7 heteroatoms. The molecule has 0 saturated carbocycles. The summed E-state index contributed by atoms with van der Waals surface area (Å²) in [4.78, 5) is 10.7. The summed E-state index contributed by atoms with van der Waals surface area (Å²) in [5, 5.41) is 4.89. The van der Waals surface area contributed by atoms with Gasteiger partial charge in [0.2, 0.25) is 6.79 Å². The second-order valence-corrected chi connectivity index (χ2v) is 6.70. The van der Waals surface area contributed by atoms with Gasteiger partial charge in [0, 0.05) is 24.5 Å². The molecule has 3 aromatic heterocycles. The minimum atomic E-state index is 0.259. The molecule has 4 aromatic rings. The van der Waals surface area contributed by atoms with Crippen LogP contribution in [0.15, 0.2) is 85.2 Å². The molecular formula is C22H19N5O2. The lowest BCUT2D eigenvalue weighted by molar-refractivity contribution is 0.0797. The quantitative estimate of drug-likeness (QED) is 0.505. The Morgan fingerprint density at radius 1 is 0.966 bits per heavy atom. The van der Waals surface area contributed by atoms with Crippen molar-refractivity contribution < 1.29 is 9.47 Å². The molecule has 7 nitrogen and oxygen atoms in total. The summed E-state index contributed by atoms with van der Waals surface area (Å²) in [6, 6.07) is 18.2. The van der Waals surface area contributed by atoms with E-state index in [1.165, 1.54) is 5.56 Å². The number of hydrogen-bond donors (Lipinski definition) is 0. The van der Waals surface area contributed by atoms with Gasteiger partial charge in [0.25, 0.3) is 0 Å². The molecular weight excluding hydrogens is 366 g/mol. The summed E-state index contributed by atoms with van der Waals surface area (Å²) >= 11 is 0. The Hall–Kier alpha value is -3.87. The highest BCUT2D eigenvalue weighted by molar-refractivity contribution is 5.63. The summed E-state index contributed by atoms with van der Waals surface area (Å²) in [7, 11) is 0. The molecule has 0 unspecified atom stereocenters. The van der Waals surface area contributed by atoms with Crippen LogP contribution in [0.4, 0.5) is 5.82 Å². The van der Waals surface area contributed by atoms with Crippen LogP contribution in [0, 0.1) is 0 Å². The molecule has 0 aliphatic carbocycles. The third-order valence-corrected chi connectivity index (χ3v) is 4.74. The lowest BCUT2D eigenvalue weighted by Gasteiger charge is -2.23. The van der Waals surface area contributed by atoms with Crippen molar-refractivity contribution in [2.45, 2.75) is 6.54 Å². The molecule has 1 aliphatic heterocycles. The fourth-order valence-electron chi connectivity index (χ4n) is 3.32. The largest absolute Gasteiger partial charge is 0.462 e. The number of pyridine rings is 1. The zero-order valence-corrected chi connectivity index (χ0v) is 15.7. The average molecular weight is 385 g/mol. The Labute approximate surface area is 167 Å². The minimum Gasteiger partial charge on any atom is -0.462 e. The first-order valence-corrected chi connectivity index (χ1v) is 9.34. The van der Waals surface area contributed by atoms with Gasteiger partial charge < -0.3 is 14.4 Å². The van der Waals surface area contributed by atoms with Crippen LogP contribution in [-0.2, 0) is 16.0 Å². The van der Waals surface area contributed by atoms with Crippen molar-refractivity contribution in [3.05, 3.63) is 90.8 Å². The summed E-state index contributed by atoms with van der Waals surface area (Å²) < 4.78 is 12.6. The topological polar surface area (TPSA) is 64.8 Å². The predicted octanol–water partition coefficient (Wildman–Crippen LogP) is 3.64. The van der Waals surface area contributed by atoms with E-state index in [1.54, 1.807) is 18.7 Å². The van der Waals surface area contributed by atoms with Crippen LogP contribution < -0.4 is 4.90 Å². The molecule has 0 amide bonds. The van der Waals surface area contributed by atoms with Crippen LogP contribution in [0.1, 0.15) is 5.56 Å². The van der Waals surface area contributed by atoms with E-state index in [-0.39, 0.29) is 6.79 Å². The highest BCUT2D eigenvalue weighted by Gasteiger charge is 2.17. The Morgan fingerprint density at radius 3 is 2.62 bits per heavy atom. The maximum absolute atomic E-state index is 5.55. The number of benzene rings is 1. The van der Waals surface area contributed by atoms with Crippen LogP contribution >= 0.6 is 0 Å². The summed E-state index contributed by atoms with van der Waals surface area (Å²) in [6.07, 6.45) is 7.03. The van der Waals surface area contributed by atoms with Gasteiger partial charge in [0.05, 0.1) is 18.4 Å². The Morgan fingerprint density at radius 2 is 1.83 bits per heavy atom. The second-order valence-electron chi connectivity index (χ2n) is 6.70. The highest BCUT2D eigenvalue weighted by atomic mass is 16.7. The standard InChI is InChI=1S/C22H19N5O2/c1-2-4-17(5-3-1)13-26(14-19-15-28-16-29-19)22-7-6-21-24-12-20(27(21)25-22)18-8-10-23-11-9-18/h1-12,15H,13-14,16H2. The fourth-order valence-corrected chi connectivity index (χ4v) is 3.32. The number of ether oxygens (including phenoxy) is 2. The van der Waals surface area contributed by atoms with Crippen molar-refractivity contribution in [1.29, 1.82) is 0 Å². The molecule has 0 saturated heterocycles. The van der Waals surface area contributed by atoms with E-state index in [4.69, 9.17) is 14.6 Å². The third kappa shape index (κ3) is 3.62. The van der Waals surface area contributed by atoms with Crippen LogP contribution in [-0.4, -0.2) is 32.9 Å². The van der Waals surface area contributed by atoms with Crippen molar-refractivity contribution in [3.8, 4) is 11.3 Å². The van der Waals surface area contributed by atoms with Gasteiger partial charge in [-0.3, -0.25) is 4.98 Å². The highest BCUT2D eigenvalue weighted by Crippen LogP contribution is 2.23. The number of rotatable bonds is 6. The van der Waals surface area contributed by atoms with Crippen LogP contribution in [0.25, 0.3) is 16.9 Å². The molecule has 0 radical (unpaired) electrons. The summed E-state index contributed by atoms with van der Waals surface area (Å²) in [6.45, 7) is 1.51.